The van der Waals surface area contributed by atoms with Gasteiger partial charge in [-0.15, -0.1) is 10.2 Å². The van der Waals surface area contributed by atoms with Crippen LogP contribution >= 0.6 is 0 Å². The van der Waals surface area contributed by atoms with Crippen LogP contribution in [0, 0.1) is 5.92 Å². The van der Waals surface area contributed by atoms with Gasteiger partial charge in [0.1, 0.15) is 11.6 Å². The molecule has 0 unspecified atom stereocenters. The number of hydrogen-bond donors (Lipinski definition) is 1. The third-order valence-electron chi connectivity index (χ3n) is 4.38. The molecule has 4 heteroatoms. The predicted octanol–water partition coefficient (Wildman–Crippen LogP) is 2.58. The Morgan fingerprint density at radius 2 is 1.61 bits per heavy atom. The van der Waals surface area contributed by atoms with Crippen molar-refractivity contribution < 1.29 is 0 Å². The Bertz CT molecular complexity index is 386. The molecule has 3 rings (SSSR count). The van der Waals surface area contributed by atoms with Crippen LogP contribution in [0.5, 0.6) is 0 Å². The summed E-state index contributed by atoms with van der Waals surface area (Å²) in [5.74, 6) is 3.01. The Morgan fingerprint density at radius 3 is 2.22 bits per heavy atom. The average molecular weight is 248 g/mol. The average Bonchev–Trinajstić information content (AvgIpc) is 3.17. The second kappa shape index (κ2) is 5.39. The molecular weight excluding hydrogens is 224 g/mol. The molecule has 0 amide bonds. The zero-order valence-corrected chi connectivity index (χ0v) is 11.1. The van der Waals surface area contributed by atoms with Gasteiger partial charge in [0.05, 0.1) is 6.54 Å². The molecule has 0 saturated heterocycles. The van der Waals surface area contributed by atoms with Gasteiger partial charge in [0.2, 0.25) is 0 Å². The van der Waals surface area contributed by atoms with Gasteiger partial charge < -0.3 is 10.3 Å². The highest BCUT2D eigenvalue weighted by Crippen LogP contribution is 2.37. The van der Waals surface area contributed by atoms with Gasteiger partial charge in [-0.25, -0.2) is 0 Å². The quantitative estimate of drug-likeness (QED) is 0.833. The lowest BCUT2D eigenvalue weighted by Crippen LogP contribution is -2.13. The van der Waals surface area contributed by atoms with E-state index in [1.165, 1.54) is 57.2 Å². The maximum absolute atomic E-state index is 5.76. The number of rotatable bonds is 4. The monoisotopic (exact) mass is 248 g/mol. The van der Waals surface area contributed by atoms with Crippen molar-refractivity contribution in [2.45, 2.75) is 70.4 Å². The molecule has 18 heavy (non-hydrogen) atoms. The van der Waals surface area contributed by atoms with Crippen LogP contribution in [-0.4, -0.2) is 14.8 Å². The fourth-order valence-corrected chi connectivity index (χ4v) is 3.22. The highest BCUT2D eigenvalue weighted by Gasteiger charge is 2.29. The third-order valence-corrected chi connectivity index (χ3v) is 4.38. The predicted molar refractivity (Wildman–Crippen MR) is 71.1 cm³/mol. The summed E-state index contributed by atoms with van der Waals surface area (Å²) in [6.45, 7) is 0.522. The van der Waals surface area contributed by atoms with Crippen molar-refractivity contribution in [3.63, 3.8) is 0 Å². The second-order valence-electron chi connectivity index (χ2n) is 5.90. The molecule has 1 heterocycles. The molecular formula is C14H24N4. The van der Waals surface area contributed by atoms with Crippen LogP contribution in [0.4, 0.5) is 0 Å². The van der Waals surface area contributed by atoms with E-state index in [4.69, 9.17) is 5.73 Å². The van der Waals surface area contributed by atoms with Crippen LogP contribution in [0.2, 0.25) is 0 Å². The third kappa shape index (κ3) is 2.58. The van der Waals surface area contributed by atoms with Crippen molar-refractivity contribution >= 4 is 0 Å². The summed E-state index contributed by atoms with van der Waals surface area (Å²) in [5, 5.41) is 8.68. The van der Waals surface area contributed by atoms with Gasteiger partial charge in [0, 0.05) is 12.5 Å². The van der Waals surface area contributed by atoms with Crippen molar-refractivity contribution in [1.29, 1.82) is 0 Å². The summed E-state index contributed by atoms with van der Waals surface area (Å²) in [5.41, 5.74) is 5.76. The Hall–Kier alpha value is -0.900. The molecule has 0 bridgehead atoms. The minimum atomic E-state index is 0.522. The molecule has 100 valence electrons. The van der Waals surface area contributed by atoms with Crippen molar-refractivity contribution in [1.82, 2.24) is 14.8 Å². The van der Waals surface area contributed by atoms with Crippen LogP contribution in [0.3, 0.4) is 0 Å². The van der Waals surface area contributed by atoms with E-state index in [0.717, 1.165) is 18.2 Å². The van der Waals surface area contributed by atoms with E-state index in [0.29, 0.717) is 12.6 Å². The number of hydrogen-bond acceptors (Lipinski definition) is 3. The van der Waals surface area contributed by atoms with Crippen LogP contribution in [0.15, 0.2) is 0 Å². The summed E-state index contributed by atoms with van der Waals surface area (Å²) in [6, 6.07) is 0.652. The van der Waals surface area contributed by atoms with Crippen LogP contribution in [0.1, 0.15) is 69.1 Å². The first-order valence-electron chi connectivity index (χ1n) is 7.51. The van der Waals surface area contributed by atoms with Crippen molar-refractivity contribution in [2.75, 3.05) is 0 Å². The standard InChI is InChI=1S/C14H24N4/c15-10-14-17-16-13(18(14)12-7-8-12)9-11-5-3-1-2-4-6-11/h11-12H,1-10,15H2. The topological polar surface area (TPSA) is 56.7 Å². The minimum Gasteiger partial charge on any atom is -0.324 e. The van der Waals surface area contributed by atoms with Gasteiger partial charge in [-0.05, 0) is 18.8 Å². The highest BCUT2D eigenvalue weighted by atomic mass is 15.3. The number of nitrogens with two attached hydrogens (primary N) is 1. The fraction of sp³-hybridized carbons (Fsp3) is 0.857. The van der Waals surface area contributed by atoms with Crippen molar-refractivity contribution in [3.8, 4) is 0 Å². The van der Waals surface area contributed by atoms with Crippen LogP contribution in [0.25, 0.3) is 0 Å². The summed E-state index contributed by atoms with van der Waals surface area (Å²) >= 11 is 0. The van der Waals surface area contributed by atoms with E-state index < -0.39 is 0 Å². The smallest absolute Gasteiger partial charge is 0.147 e. The summed E-state index contributed by atoms with van der Waals surface area (Å²) in [7, 11) is 0. The Balaban J connectivity index is 1.73. The largest absolute Gasteiger partial charge is 0.324 e. The minimum absolute atomic E-state index is 0.522. The summed E-state index contributed by atoms with van der Waals surface area (Å²) < 4.78 is 2.34. The van der Waals surface area contributed by atoms with Crippen LogP contribution < -0.4 is 5.73 Å². The Kier molecular flexibility index (Phi) is 3.64. The molecule has 0 aromatic carbocycles. The molecule has 2 aliphatic carbocycles. The van der Waals surface area contributed by atoms with Crippen molar-refractivity contribution in [3.05, 3.63) is 11.6 Å². The molecule has 0 radical (unpaired) electrons. The first kappa shape index (κ1) is 12.2. The second-order valence-corrected chi connectivity index (χ2v) is 5.90. The number of aromatic nitrogens is 3. The van der Waals surface area contributed by atoms with Gasteiger partial charge in [0.15, 0.2) is 0 Å². The van der Waals surface area contributed by atoms with E-state index in [1.807, 2.05) is 0 Å². The summed E-state index contributed by atoms with van der Waals surface area (Å²) in [4.78, 5) is 0. The van der Waals surface area contributed by atoms with Crippen LogP contribution in [-0.2, 0) is 13.0 Å². The summed E-state index contributed by atoms with van der Waals surface area (Å²) in [6.07, 6.45) is 12.0. The molecule has 2 fully saturated rings. The Morgan fingerprint density at radius 1 is 0.944 bits per heavy atom. The molecule has 2 saturated carbocycles. The molecule has 1 aromatic heterocycles. The highest BCUT2D eigenvalue weighted by molar-refractivity contribution is 5.03. The first-order valence-corrected chi connectivity index (χ1v) is 7.51. The molecule has 2 N–H and O–H groups in total. The fourth-order valence-electron chi connectivity index (χ4n) is 3.22. The molecule has 0 aliphatic heterocycles. The molecule has 0 atom stereocenters. The zero-order chi connectivity index (χ0) is 12.4. The van der Waals surface area contributed by atoms with E-state index in [1.54, 1.807) is 0 Å². The first-order chi connectivity index (χ1) is 8.88. The maximum atomic E-state index is 5.76. The molecule has 4 nitrogen and oxygen atoms in total. The normalized spacial score (nSPS) is 22.1. The van der Waals surface area contributed by atoms with Gasteiger partial charge in [-0.2, -0.15) is 0 Å². The van der Waals surface area contributed by atoms with Gasteiger partial charge in [-0.1, -0.05) is 38.5 Å². The molecule has 2 aliphatic rings. The lowest BCUT2D eigenvalue weighted by atomic mass is 9.96. The van der Waals surface area contributed by atoms with Gasteiger partial charge in [-0.3, -0.25) is 0 Å². The van der Waals surface area contributed by atoms with E-state index in [-0.39, 0.29) is 0 Å². The zero-order valence-electron chi connectivity index (χ0n) is 11.1. The lowest BCUT2D eigenvalue weighted by Gasteiger charge is -2.14. The SMILES string of the molecule is NCc1nnc(CC2CCCCCC2)n1C1CC1. The van der Waals surface area contributed by atoms with Gasteiger partial charge in [0.25, 0.3) is 0 Å². The van der Waals surface area contributed by atoms with E-state index in [2.05, 4.69) is 14.8 Å². The molecule has 0 spiro atoms. The number of nitrogens with zero attached hydrogens (tertiary/aromatic N) is 3. The maximum Gasteiger partial charge on any atom is 0.147 e. The van der Waals surface area contributed by atoms with Gasteiger partial charge >= 0.3 is 0 Å². The molecule has 1 aromatic rings. The van der Waals surface area contributed by atoms with E-state index >= 15 is 0 Å². The van der Waals surface area contributed by atoms with E-state index in [9.17, 15) is 0 Å². The van der Waals surface area contributed by atoms with Crippen molar-refractivity contribution in [2.24, 2.45) is 11.7 Å². The lowest BCUT2D eigenvalue weighted by molar-refractivity contribution is 0.437. The Labute approximate surface area is 109 Å².